The normalized spacial score (nSPS) is 12.9. The first-order chi connectivity index (χ1) is 16.3. The van der Waals surface area contributed by atoms with E-state index in [0.717, 1.165) is 11.1 Å². The third-order valence-electron chi connectivity index (χ3n) is 5.62. The van der Waals surface area contributed by atoms with E-state index in [4.69, 9.17) is 0 Å². The highest BCUT2D eigenvalue weighted by Crippen LogP contribution is 2.25. The van der Waals surface area contributed by atoms with Crippen LogP contribution in [0.4, 0.5) is 0 Å². The van der Waals surface area contributed by atoms with E-state index in [1.807, 2.05) is 93.8 Å². The molecule has 0 saturated carbocycles. The van der Waals surface area contributed by atoms with Crippen molar-refractivity contribution in [3.8, 4) is 0 Å². The number of amides is 2. The Morgan fingerprint density at radius 1 is 0.971 bits per heavy atom. The van der Waals surface area contributed by atoms with Gasteiger partial charge in [0, 0.05) is 12.1 Å². The van der Waals surface area contributed by atoms with E-state index in [1.54, 1.807) is 0 Å². The van der Waals surface area contributed by atoms with Crippen LogP contribution in [0.2, 0.25) is 0 Å². The lowest BCUT2D eigenvalue weighted by atomic mass is 10.0. The summed E-state index contributed by atoms with van der Waals surface area (Å²) in [6.07, 6.45) is 0. The maximum Gasteiger partial charge on any atom is 0.251 e. The number of hydrogen-bond acceptors (Lipinski definition) is 5. The van der Waals surface area contributed by atoms with Crippen molar-refractivity contribution < 1.29 is 9.59 Å². The highest BCUT2D eigenvalue weighted by atomic mass is 32.2. The van der Waals surface area contributed by atoms with Crippen LogP contribution >= 0.6 is 11.8 Å². The van der Waals surface area contributed by atoms with E-state index >= 15 is 0 Å². The van der Waals surface area contributed by atoms with Crippen molar-refractivity contribution in [1.82, 2.24) is 25.4 Å². The van der Waals surface area contributed by atoms with Crippen molar-refractivity contribution in [3.05, 3.63) is 77.1 Å². The highest BCUT2D eigenvalue weighted by molar-refractivity contribution is 7.99. The molecule has 180 valence electrons. The molecule has 0 radical (unpaired) electrons. The summed E-state index contributed by atoms with van der Waals surface area (Å²) in [6, 6.07) is 17.0. The van der Waals surface area contributed by atoms with Gasteiger partial charge in [-0.2, -0.15) is 0 Å². The molecule has 0 aliphatic carbocycles. The lowest BCUT2D eigenvalue weighted by Gasteiger charge is -2.22. The molecule has 2 N–H and O–H groups in total. The number of rotatable bonds is 10. The molecule has 0 bridgehead atoms. The molecule has 1 aromatic heterocycles. The molecule has 2 aromatic carbocycles. The summed E-state index contributed by atoms with van der Waals surface area (Å²) in [5.41, 5.74) is 2.77. The summed E-state index contributed by atoms with van der Waals surface area (Å²) in [6.45, 7) is 10.7. The summed E-state index contributed by atoms with van der Waals surface area (Å²) in [5, 5.41) is 15.5. The summed E-state index contributed by atoms with van der Waals surface area (Å²) >= 11 is 1.35. The van der Waals surface area contributed by atoms with Crippen LogP contribution < -0.4 is 10.6 Å². The van der Waals surface area contributed by atoms with Gasteiger partial charge in [-0.25, -0.2) is 0 Å². The van der Waals surface area contributed by atoms with Crippen molar-refractivity contribution in [1.29, 1.82) is 0 Å². The molecule has 0 unspecified atom stereocenters. The van der Waals surface area contributed by atoms with Crippen LogP contribution in [0.5, 0.6) is 0 Å². The Hall–Kier alpha value is -3.13. The standard InChI is InChI=1S/C26H33N5O2S/c1-6-31-24(23(17(2)3)28-25(33)21-14-12-18(4)13-15-21)29-30-26(31)34-16-22(32)27-19(5)20-10-8-7-9-11-20/h7-15,17,19,23H,6,16H2,1-5H3,(H,27,32)(H,28,33)/t19-,23-/m0/s1. The predicted octanol–water partition coefficient (Wildman–Crippen LogP) is 4.70. The minimum absolute atomic E-state index is 0.0679. The van der Waals surface area contributed by atoms with Crippen molar-refractivity contribution in [2.45, 2.75) is 58.4 Å². The number of hydrogen-bond donors (Lipinski definition) is 2. The first-order valence-corrected chi connectivity index (χ1v) is 12.6. The Bertz CT molecular complexity index is 1100. The lowest BCUT2D eigenvalue weighted by molar-refractivity contribution is -0.119. The molecule has 2 amide bonds. The largest absolute Gasteiger partial charge is 0.349 e. The van der Waals surface area contributed by atoms with E-state index in [0.29, 0.717) is 23.1 Å². The van der Waals surface area contributed by atoms with Gasteiger partial charge >= 0.3 is 0 Å². The number of nitrogens with one attached hydrogen (secondary N) is 2. The lowest BCUT2D eigenvalue weighted by Crippen LogP contribution is -2.33. The van der Waals surface area contributed by atoms with Crippen molar-refractivity contribution in [2.24, 2.45) is 5.92 Å². The quantitative estimate of drug-likeness (QED) is 0.411. The monoisotopic (exact) mass is 479 g/mol. The number of aromatic nitrogens is 3. The zero-order chi connectivity index (χ0) is 24.7. The molecular formula is C26H33N5O2S. The zero-order valence-corrected chi connectivity index (χ0v) is 21.2. The van der Waals surface area contributed by atoms with Crippen LogP contribution in [0.25, 0.3) is 0 Å². The van der Waals surface area contributed by atoms with Gasteiger partial charge in [-0.3, -0.25) is 9.59 Å². The number of carbonyl (C=O) groups excluding carboxylic acids is 2. The van der Waals surface area contributed by atoms with Gasteiger partial charge < -0.3 is 15.2 Å². The molecule has 8 heteroatoms. The Kier molecular flexibility index (Phi) is 8.87. The Labute approximate surface area is 205 Å². The SMILES string of the molecule is CCn1c(SCC(=O)N[C@@H](C)c2ccccc2)nnc1[C@@H](NC(=O)c1ccc(C)cc1)C(C)C. The number of thioether (sulfide) groups is 1. The topological polar surface area (TPSA) is 88.9 Å². The molecule has 0 fully saturated rings. The Morgan fingerprint density at radius 3 is 2.26 bits per heavy atom. The van der Waals surface area contributed by atoms with E-state index in [2.05, 4.69) is 20.8 Å². The van der Waals surface area contributed by atoms with Gasteiger partial charge in [0.1, 0.15) is 0 Å². The maximum atomic E-state index is 12.9. The molecule has 1 heterocycles. The maximum absolute atomic E-state index is 12.9. The van der Waals surface area contributed by atoms with Gasteiger partial charge in [0.2, 0.25) is 5.91 Å². The average Bonchev–Trinajstić information content (AvgIpc) is 3.24. The van der Waals surface area contributed by atoms with Crippen LogP contribution in [0, 0.1) is 12.8 Å². The van der Waals surface area contributed by atoms with Crippen LogP contribution in [-0.4, -0.2) is 32.3 Å². The number of benzene rings is 2. The summed E-state index contributed by atoms with van der Waals surface area (Å²) in [5.74, 6) is 0.821. The highest BCUT2D eigenvalue weighted by Gasteiger charge is 2.26. The molecule has 3 rings (SSSR count). The van der Waals surface area contributed by atoms with E-state index in [9.17, 15) is 9.59 Å². The van der Waals surface area contributed by atoms with E-state index in [-0.39, 0.29) is 35.6 Å². The molecule has 7 nitrogen and oxygen atoms in total. The van der Waals surface area contributed by atoms with Gasteiger partial charge in [0.25, 0.3) is 5.91 Å². The average molecular weight is 480 g/mol. The first kappa shape index (κ1) is 25.5. The fourth-order valence-corrected chi connectivity index (χ4v) is 4.45. The van der Waals surface area contributed by atoms with Crippen molar-refractivity contribution in [3.63, 3.8) is 0 Å². The van der Waals surface area contributed by atoms with Crippen molar-refractivity contribution >= 4 is 23.6 Å². The molecule has 3 aromatic rings. The smallest absolute Gasteiger partial charge is 0.251 e. The molecule has 0 aliphatic heterocycles. The second kappa shape index (κ2) is 11.8. The van der Waals surface area contributed by atoms with Gasteiger partial charge in [0.15, 0.2) is 11.0 Å². The predicted molar refractivity (Wildman–Crippen MR) is 136 cm³/mol. The van der Waals surface area contributed by atoms with Gasteiger partial charge in [-0.05, 0) is 44.4 Å². The molecular weight excluding hydrogens is 446 g/mol. The van der Waals surface area contributed by atoms with Gasteiger partial charge in [-0.1, -0.05) is 73.6 Å². The van der Waals surface area contributed by atoms with Gasteiger partial charge in [0.05, 0.1) is 17.8 Å². The number of nitrogens with zero attached hydrogens (tertiary/aromatic N) is 3. The van der Waals surface area contributed by atoms with E-state index in [1.165, 1.54) is 11.8 Å². The minimum atomic E-state index is -0.303. The Morgan fingerprint density at radius 2 is 1.65 bits per heavy atom. The van der Waals surface area contributed by atoms with Gasteiger partial charge in [-0.15, -0.1) is 10.2 Å². The number of carbonyl (C=O) groups is 2. The third kappa shape index (κ3) is 6.47. The second-order valence-electron chi connectivity index (χ2n) is 8.63. The third-order valence-corrected chi connectivity index (χ3v) is 6.58. The van der Waals surface area contributed by atoms with Crippen LogP contribution in [-0.2, 0) is 11.3 Å². The van der Waals surface area contributed by atoms with Crippen LogP contribution in [0.3, 0.4) is 0 Å². The molecule has 2 atom stereocenters. The minimum Gasteiger partial charge on any atom is -0.349 e. The Balaban J connectivity index is 1.68. The fraction of sp³-hybridized carbons (Fsp3) is 0.385. The molecule has 0 spiro atoms. The van der Waals surface area contributed by atoms with Crippen molar-refractivity contribution in [2.75, 3.05) is 5.75 Å². The summed E-state index contributed by atoms with van der Waals surface area (Å²) in [7, 11) is 0. The van der Waals surface area contributed by atoms with Crippen LogP contribution in [0.15, 0.2) is 59.8 Å². The number of aryl methyl sites for hydroxylation is 1. The van der Waals surface area contributed by atoms with E-state index < -0.39 is 0 Å². The van der Waals surface area contributed by atoms with Crippen LogP contribution in [0.1, 0.15) is 67.1 Å². The summed E-state index contributed by atoms with van der Waals surface area (Å²) in [4.78, 5) is 25.4. The first-order valence-electron chi connectivity index (χ1n) is 11.6. The zero-order valence-electron chi connectivity index (χ0n) is 20.4. The fourth-order valence-electron chi connectivity index (χ4n) is 3.63. The molecule has 0 saturated heterocycles. The molecule has 34 heavy (non-hydrogen) atoms. The second-order valence-corrected chi connectivity index (χ2v) is 9.58. The molecule has 0 aliphatic rings. The summed E-state index contributed by atoms with van der Waals surface area (Å²) < 4.78 is 1.97.